The average Bonchev–Trinajstić information content (AvgIpc) is 2.60. The molecule has 0 bridgehead atoms. The van der Waals surface area contributed by atoms with Gasteiger partial charge in [0.2, 0.25) is 0 Å². The van der Waals surface area contributed by atoms with Crippen molar-refractivity contribution in [1.82, 2.24) is 5.32 Å². The topological polar surface area (TPSA) is 75.6 Å². The Hall–Kier alpha value is -3.33. The van der Waals surface area contributed by atoms with Crippen LogP contribution >= 0.6 is 0 Å². The molecule has 0 spiro atoms. The van der Waals surface area contributed by atoms with E-state index < -0.39 is 23.4 Å². The molecule has 128 valence electrons. The Bertz CT molecular complexity index is 809. The summed E-state index contributed by atoms with van der Waals surface area (Å²) in [5.74, 6) is 3.11. The van der Waals surface area contributed by atoms with Crippen LogP contribution in [-0.2, 0) is 11.3 Å². The summed E-state index contributed by atoms with van der Waals surface area (Å²) < 4.78 is 18.5. The van der Waals surface area contributed by atoms with Crippen LogP contribution in [0.5, 0.6) is 0 Å². The van der Waals surface area contributed by atoms with Gasteiger partial charge in [0.25, 0.3) is 0 Å². The summed E-state index contributed by atoms with van der Waals surface area (Å²) in [5, 5.41) is 11.5. The lowest BCUT2D eigenvalue weighted by atomic mass is 10.1. The van der Waals surface area contributed by atoms with Gasteiger partial charge in [-0.15, -0.1) is 0 Å². The fourth-order valence-electron chi connectivity index (χ4n) is 2.00. The fourth-order valence-corrected chi connectivity index (χ4v) is 2.00. The summed E-state index contributed by atoms with van der Waals surface area (Å²) in [6, 6.07) is 13.2. The zero-order valence-corrected chi connectivity index (χ0v) is 13.3. The van der Waals surface area contributed by atoms with E-state index >= 15 is 0 Å². The van der Waals surface area contributed by atoms with E-state index in [1.54, 1.807) is 0 Å². The number of hydrogen-bond donors (Lipinski definition) is 2. The first-order chi connectivity index (χ1) is 12.1. The van der Waals surface area contributed by atoms with Gasteiger partial charge >= 0.3 is 12.1 Å². The number of ether oxygens (including phenoxy) is 1. The Balaban J connectivity index is 1.79. The predicted molar refractivity (Wildman–Crippen MR) is 89.5 cm³/mol. The van der Waals surface area contributed by atoms with Crippen LogP contribution in [0.25, 0.3) is 0 Å². The maximum Gasteiger partial charge on any atom is 0.407 e. The standard InChI is InChI=1S/C19H16FNO4/c20-16-11-6-10-15(17(16)18(22)23)9-4-5-12-21-19(24)25-13-14-7-2-1-3-8-14/h1-3,6-8,10-11H,5,12-13H2,(H,21,24)(H,22,23). The molecule has 0 aliphatic carbocycles. The largest absolute Gasteiger partial charge is 0.478 e. The van der Waals surface area contributed by atoms with E-state index in [-0.39, 0.29) is 25.1 Å². The smallest absolute Gasteiger partial charge is 0.407 e. The second-order valence-corrected chi connectivity index (χ2v) is 5.01. The van der Waals surface area contributed by atoms with E-state index in [9.17, 15) is 14.0 Å². The number of nitrogens with one attached hydrogen (secondary N) is 1. The minimum absolute atomic E-state index is 0.0964. The van der Waals surface area contributed by atoms with Gasteiger partial charge in [-0.05, 0) is 17.7 Å². The van der Waals surface area contributed by atoms with Crippen molar-refractivity contribution in [1.29, 1.82) is 0 Å². The van der Waals surface area contributed by atoms with Crippen LogP contribution in [0.3, 0.4) is 0 Å². The van der Waals surface area contributed by atoms with Gasteiger partial charge in [-0.3, -0.25) is 0 Å². The molecule has 2 N–H and O–H groups in total. The molecule has 1 amide bonds. The highest BCUT2D eigenvalue weighted by molar-refractivity contribution is 5.91. The van der Waals surface area contributed by atoms with Crippen molar-refractivity contribution in [2.75, 3.05) is 6.54 Å². The van der Waals surface area contributed by atoms with E-state index in [1.165, 1.54) is 12.1 Å². The van der Waals surface area contributed by atoms with Crippen molar-refractivity contribution in [2.24, 2.45) is 0 Å². The lowest BCUT2D eigenvalue weighted by molar-refractivity contribution is 0.0691. The molecule has 0 aliphatic heterocycles. The molecular weight excluding hydrogens is 325 g/mol. The highest BCUT2D eigenvalue weighted by Gasteiger charge is 2.13. The van der Waals surface area contributed by atoms with Gasteiger partial charge in [0.1, 0.15) is 18.0 Å². The molecule has 0 fully saturated rings. The van der Waals surface area contributed by atoms with Crippen LogP contribution in [0.2, 0.25) is 0 Å². The number of halogens is 1. The first kappa shape index (κ1) is 18.0. The van der Waals surface area contributed by atoms with Crippen molar-refractivity contribution in [3.05, 3.63) is 71.0 Å². The number of carbonyl (C=O) groups is 2. The van der Waals surface area contributed by atoms with E-state index in [1.807, 2.05) is 30.3 Å². The van der Waals surface area contributed by atoms with Crippen molar-refractivity contribution in [3.63, 3.8) is 0 Å². The van der Waals surface area contributed by atoms with E-state index in [0.29, 0.717) is 0 Å². The first-order valence-corrected chi connectivity index (χ1v) is 7.53. The van der Waals surface area contributed by atoms with Crippen molar-refractivity contribution in [2.45, 2.75) is 13.0 Å². The summed E-state index contributed by atoms with van der Waals surface area (Å²) in [6.07, 6.45) is -0.293. The predicted octanol–water partition coefficient (Wildman–Crippen LogP) is 3.19. The summed E-state index contributed by atoms with van der Waals surface area (Å²) in [7, 11) is 0. The van der Waals surface area contributed by atoms with Gasteiger partial charge in [-0.1, -0.05) is 48.2 Å². The first-order valence-electron chi connectivity index (χ1n) is 7.53. The number of amides is 1. The molecule has 0 aliphatic rings. The normalized spacial score (nSPS) is 9.64. The molecule has 0 radical (unpaired) electrons. The van der Waals surface area contributed by atoms with Gasteiger partial charge in [0.15, 0.2) is 0 Å². The number of hydrogen-bond acceptors (Lipinski definition) is 3. The lowest BCUT2D eigenvalue weighted by Gasteiger charge is -2.05. The van der Waals surface area contributed by atoms with Crippen LogP contribution < -0.4 is 5.32 Å². The van der Waals surface area contributed by atoms with Gasteiger partial charge < -0.3 is 15.2 Å². The van der Waals surface area contributed by atoms with Crippen LogP contribution in [0.15, 0.2) is 48.5 Å². The van der Waals surface area contributed by atoms with E-state index in [0.717, 1.165) is 11.6 Å². The Morgan fingerprint density at radius 3 is 2.60 bits per heavy atom. The summed E-state index contributed by atoms with van der Waals surface area (Å²) >= 11 is 0. The minimum atomic E-state index is -1.37. The van der Waals surface area contributed by atoms with Crippen LogP contribution in [0, 0.1) is 17.7 Å². The monoisotopic (exact) mass is 341 g/mol. The second kappa shape index (κ2) is 9.08. The fraction of sp³-hybridized carbons (Fsp3) is 0.158. The number of benzene rings is 2. The molecule has 2 aromatic rings. The molecule has 0 saturated carbocycles. The Morgan fingerprint density at radius 1 is 1.12 bits per heavy atom. The van der Waals surface area contributed by atoms with Crippen molar-refractivity contribution < 1.29 is 23.8 Å². The van der Waals surface area contributed by atoms with Gasteiger partial charge in [0.05, 0.1) is 0 Å². The molecule has 0 unspecified atom stereocenters. The third-order valence-electron chi connectivity index (χ3n) is 3.18. The third-order valence-corrected chi connectivity index (χ3v) is 3.18. The second-order valence-electron chi connectivity index (χ2n) is 5.01. The Kier molecular flexibility index (Phi) is 6.55. The third kappa shape index (κ3) is 5.66. The van der Waals surface area contributed by atoms with E-state index in [2.05, 4.69) is 17.2 Å². The number of rotatable bonds is 5. The summed E-state index contributed by atoms with van der Waals surface area (Å²) in [4.78, 5) is 22.6. The average molecular weight is 341 g/mol. The van der Waals surface area contributed by atoms with Gasteiger partial charge in [-0.2, -0.15) is 0 Å². The number of carboxylic acids is 1. The number of carboxylic acid groups (broad SMARTS) is 1. The number of alkyl carbamates (subject to hydrolysis) is 1. The van der Waals surface area contributed by atoms with Crippen LogP contribution in [-0.4, -0.2) is 23.7 Å². The molecule has 0 atom stereocenters. The minimum Gasteiger partial charge on any atom is -0.478 e. The molecule has 25 heavy (non-hydrogen) atoms. The SMILES string of the molecule is O=C(NCCC#Cc1cccc(F)c1C(=O)O)OCc1ccccc1. The molecule has 0 saturated heterocycles. The maximum absolute atomic E-state index is 13.5. The molecule has 2 rings (SSSR count). The Labute approximate surface area is 144 Å². The zero-order valence-electron chi connectivity index (χ0n) is 13.3. The molecule has 5 nitrogen and oxygen atoms in total. The van der Waals surface area contributed by atoms with Crippen LogP contribution in [0.4, 0.5) is 9.18 Å². The number of carbonyl (C=O) groups excluding carboxylic acids is 1. The Morgan fingerprint density at radius 2 is 1.88 bits per heavy atom. The molecule has 6 heteroatoms. The number of aromatic carboxylic acids is 1. The van der Waals surface area contributed by atoms with Gasteiger partial charge in [-0.25, -0.2) is 14.0 Å². The highest BCUT2D eigenvalue weighted by atomic mass is 19.1. The zero-order chi connectivity index (χ0) is 18.1. The molecule has 0 aromatic heterocycles. The van der Waals surface area contributed by atoms with Crippen molar-refractivity contribution >= 4 is 12.1 Å². The van der Waals surface area contributed by atoms with Crippen molar-refractivity contribution in [3.8, 4) is 11.8 Å². The lowest BCUT2D eigenvalue weighted by Crippen LogP contribution is -2.24. The molecule has 2 aromatic carbocycles. The van der Waals surface area contributed by atoms with E-state index in [4.69, 9.17) is 9.84 Å². The molecule has 0 heterocycles. The maximum atomic E-state index is 13.5. The highest BCUT2D eigenvalue weighted by Crippen LogP contribution is 2.12. The summed E-state index contributed by atoms with van der Waals surface area (Å²) in [5.41, 5.74) is 0.522. The summed E-state index contributed by atoms with van der Waals surface area (Å²) in [6.45, 7) is 0.405. The van der Waals surface area contributed by atoms with Gasteiger partial charge in [0, 0.05) is 18.5 Å². The molecular formula is C19H16FNO4. The quantitative estimate of drug-likeness (QED) is 0.647. The van der Waals surface area contributed by atoms with Crippen LogP contribution in [0.1, 0.15) is 27.9 Å².